The number of amides is 1. The summed E-state index contributed by atoms with van der Waals surface area (Å²) >= 11 is 5.79. The van der Waals surface area contributed by atoms with Gasteiger partial charge in [-0.2, -0.15) is 0 Å². The molecule has 0 radical (unpaired) electrons. The van der Waals surface area contributed by atoms with Gasteiger partial charge in [0.25, 0.3) is 0 Å². The number of anilines is 1. The van der Waals surface area contributed by atoms with Crippen LogP contribution in [-0.4, -0.2) is 29.4 Å². The Morgan fingerprint density at radius 3 is 2.23 bits per heavy atom. The molecule has 1 aliphatic carbocycles. The van der Waals surface area contributed by atoms with E-state index in [2.05, 4.69) is 12.1 Å². The first kappa shape index (κ1) is 20.8. The summed E-state index contributed by atoms with van der Waals surface area (Å²) in [6.45, 7) is 7.10. The fraction of sp³-hybridized carbons (Fsp3) is 0.619. The number of rotatable bonds is 5. The first-order valence-corrected chi connectivity index (χ1v) is 9.97. The highest BCUT2D eigenvalue weighted by atomic mass is 35.5. The molecule has 0 bridgehead atoms. The zero-order chi connectivity index (χ0) is 19.3. The third kappa shape index (κ3) is 5.47. The van der Waals surface area contributed by atoms with E-state index in [1.807, 2.05) is 32.9 Å². The van der Waals surface area contributed by atoms with Gasteiger partial charge >= 0.3 is 5.97 Å². The minimum atomic E-state index is -0.735. The Balaban J connectivity index is 2.20. The third-order valence-electron chi connectivity index (χ3n) is 4.77. The van der Waals surface area contributed by atoms with E-state index in [9.17, 15) is 9.59 Å². The number of hydrogen-bond donors (Lipinski definition) is 0. The van der Waals surface area contributed by atoms with Crippen LogP contribution in [0.5, 0.6) is 0 Å². The Labute approximate surface area is 161 Å². The van der Waals surface area contributed by atoms with Gasteiger partial charge in [0.1, 0.15) is 17.5 Å². The van der Waals surface area contributed by atoms with Crippen LogP contribution in [0.4, 0.5) is 5.69 Å². The predicted octanol–water partition coefficient (Wildman–Crippen LogP) is 5.04. The molecule has 5 heteroatoms. The number of nitrogens with zero attached hydrogens (tertiary/aromatic N) is 1. The van der Waals surface area contributed by atoms with Crippen molar-refractivity contribution in [2.45, 2.75) is 77.4 Å². The molecule has 4 nitrogen and oxygen atoms in total. The Hall–Kier alpha value is -1.55. The first-order chi connectivity index (χ1) is 12.2. The summed E-state index contributed by atoms with van der Waals surface area (Å²) in [7, 11) is 0. The molecule has 1 atom stereocenters. The molecule has 0 spiro atoms. The number of carbonyl (C=O) groups is 2. The lowest BCUT2D eigenvalue weighted by molar-refractivity contribution is -0.156. The van der Waals surface area contributed by atoms with E-state index in [1.54, 1.807) is 6.92 Å². The van der Waals surface area contributed by atoms with Crippen LogP contribution in [0.3, 0.4) is 0 Å². The van der Waals surface area contributed by atoms with E-state index in [0.29, 0.717) is 11.6 Å². The Morgan fingerprint density at radius 1 is 1.15 bits per heavy atom. The van der Waals surface area contributed by atoms with Crippen LogP contribution in [-0.2, 0) is 14.3 Å². The number of hydrogen-bond acceptors (Lipinski definition) is 3. The molecule has 144 valence electrons. The summed E-state index contributed by atoms with van der Waals surface area (Å²) in [4.78, 5) is 26.3. The van der Waals surface area contributed by atoms with Gasteiger partial charge in [-0.05, 0) is 64.2 Å². The molecule has 0 saturated heterocycles. The molecule has 1 amide bonds. The lowest BCUT2D eigenvalue weighted by atomic mass is 9.84. The standard InChI is InChI=1S/C21H30ClNO3/c1-15(20(25)26-21(2,3)4)23(19(24)14-22)18-12-10-17(11-13-18)16-8-6-5-7-9-16/h10-13,15-16H,5-9,14H2,1-4H3. The fourth-order valence-corrected chi connectivity index (χ4v) is 3.61. The number of benzene rings is 1. The van der Waals surface area contributed by atoms with E-state index < -0.39 is 17.6 Å². The van der Waals surface area contributed by atoms with Crippen LogP contribution in [0.15, 0.2) is 24.3 Å². The van der Waals surface area contributed by atoms with Gasteiger partial charge in [-0.15, -0.1) is 11.6 Å². The molecule has 1 aliphatic rings. The molecule has 2 rings (SSSR count). The van der Waals surface area contributed by atoms with E-state index in [1.165, 1.54) is 42.6 Å². The summed E-state index contributed by atoms with van der Waals surface area (Å²) in [5.74, 6) is -0.335. The van der Waals surface area contributed by atoms with E-state index in [4.69, 9.17) is 16.3 Å². The van der Waals surface area contributed by atoms with Crippen LogP contribution < -0.4 is 4.90 Å². The van der Waals surface area contributed by atoms with Gasteiger partial charge in [0.15, 0.2) is 0 Å². The summed E-state index contributed by atoms with van der Waals surface area (Å²) in [6.07, 6.45) is 6.31. The number of esters is 1. The minimum Gasteiger partial charge on any atom is -0.458 e. The Morgan fingerprint density at radius 2 is 1.73 bits per heavy atom. The highest BCUT2D eigenvalue weighted by Gasteiger charge is 2.30. The molecular formula is C21H30ClNO3. The van der Waals surface area contributed by atoms with Gasteiger partial charge < -0.3 is 4.74 Å². The van der Waals surface area contributed by atoms with Crippen LogP contribution in [0.1, 0.15) is 71.3 Å². The van der Waals surface area contributed by atoms with Gasteiger partial charge in [-0.1, -0.05) is 31.4 Å². The summed E-state index contributed by atoms with van der Waals surface area (Å²) in [5, 5.41) is 0. The topological polar surface area (TPSA) is 46.6 Å². The van der Waals surface area contributed by atoms with Crippen LogP contribution in [0.2, 0.25) is 0 Å². The first-order valence-electron chi connectivity index (χ1n) is 9.44. The molecule has 1 aromatic rings. The second-order valence-corrected chi connectivity index (χ2v) is 8.30. The Kier molecular flexibility index (Phi) is 7.10. The molecule has 1 aromatic carbocycles. The molecule has 26 heavy (non-hydrogen) atoms. The summed E-state index contributed by atoms with van der Waals surface area (Å²) < 4.78 is 5.44. The fourth-order valence-electron chi connectivity index (χ4n) is 3.48. The number of alkyl halides is 1. The molecule has 1 fully saturated rings. The van der Waals surface area contributed by atoms with Crippen LogP contribution in [0.25, 0.3) is 0 Å². The van der Waals surface area contributed by atoms with Gasteiger partial charge in [0, 0.05) is 5.69 Å². The maximum Gasteiger partial charge on any atom is 0.329 e. The number of carbonyl (C=O) groups excluding carboxylic acids is 2. The second-order valence-electron chi connectivity index (χ2n) is 8.03. The SMILES string of the molecule is CC(C(=O)OC(C)(C)C)N(C(=O)CCl)c1ccc(C2CCCCC2)cc1. The molecular weight excluding hydrogens is 350 g/mol. The zero-order valence-corrected chi connectivity index (χ0v) is 17.0. The maximum atomic E-state index is 12.4. The molecule has 1 saturated carbocycles. The highest BCUT2D eigenvalue weighted by Crippen LogP contribution is 2.33. The normalized spacial score (nSPS) is 16.8. The van der Waals surface area contributed by atoms with Crippen molar-refractivity contribution in [3.8, 4) is 0 Å². The average Bonchev–Trinajstić information content (AvgIpc) is 2.61. The largest absolute Gasteiger partial charge is 0.458 e. The quantitative estimate of drug-likeness (QED) is 0.532. The van der Waals surface area contributed by atoms with E-state index in [0.717, 1.165) is 0 Å². The van der Waals surface area contributed by atoms with Crippen molar-refractivity contribution in [3.63, 3.8) is 0 Å². The van der Waals surface area contributed by atoms with Crippen molar-refractivity contribution in [3.05, 3.63) is 29.8 Å². The monoisotopic (exact) mass is 379 g/mol. The van der Waals surface area contributed by atoms with Gasteiger partial charge in [0.2, 0.25) is 5.91 Å². The van der Waals surface area contributed by atoms with Crippen molar-refractivity contribution < 1.29 is 14.3 Å². The summed E-state index contributed by atoms with van der Waals surface area (Å²) in [6, 6.07) is 7.23. The minimum absolute atomic E-state index is 0.183. The molecule has 0 heterocycles. The third-order valence-corrected chi connectivity index (χ3v) is 4.99. The summed E-state index contributed by atoms with van der Waals surface area (Å²) in [5.41, 5.74) is 1.37. The van der Waals surface area contributed by atoms with Crippen molar-refractivity contribution in [2.24, 2.45) is 0 Å². The zero-order valence-electron chi connectivity index (χ0n) is 16.3. The van der Waals surface area contributed by atoms with Gasteiger partial charge in [-0.3, -0.25) is 9.69 Å². The molecule has 0 aliphatic heterocycles. The van der Waals surface area contributed by atoms with E-state index in [-0.39, 0.29) is 11.8 Å². The smallest absolute Gasteiger partial charge is 0.329 e. The van der Waals surface area contributed by atoms with Crippen molar-refractivity contribution >= 4 is 29.2 Å². The lowest BCUT2D eigenvalue weighted by Gasteiger charge is -2.30. The average molecular weight is 380 g/mol. The van der Waals surface area contributed by atoms with Gasteiger partial charge in [0.05, 0.1) is 0 Å². The predicted molar refractivity (Wildman–Crippen MR) is 106 cm³/mol. The second kappa shape index (κ2) is 8.90. The molecule has 0 aromatic heterocycles. The highest BCUT2D eigenvalue weighted by molar-refractivity contribution is 6.29. The van der Waals surface area contributed by atoms with Crippen LogP contribution in [0, 0.1) is 0 Å². The molecule has 0 N–H and O–H groups in total. The number of ether oxygens (including phenoxy) is 1. The maximum absolute atomic E-state index is 12.4. The molecule has 1 unspecified atom stereocenters. The van der Waals surface area contributed by atoms with Crippen molar-refractivity contribution in [1.82, 2.24) is 0 Å². The van der Waals surface area contributed by atoms with Crippen LogP contribution >= 0.6 is 11.6 Å². The van der Waals surface area contributed by atoms with Gasteiger partial charge in [-0.25, -0.2) is 4.79 Å². The lowest BCUT2D eigenvalue weighted by Crippen LogP contribution is -2.46. The van der Waals surface area contributed by atoms with Crippen molar-refractivity contribution in [1.29, 1.82) is 0 Å². The number of halogens is 1. The van der Waals surface area contributed by atoms with E-state index >= 15 is 0 Å². The van der Waals surface area contributed by atoms with Crippen molar-refractivity contribution in [2.75, 3.05) is 10.8 Å². The Bertz CT molecular complexity index is 615.